The van der Waals surface area contributed by atoms with Crippen LogP contribution in [0.3, 0.4) is 0 Å². The number of amides is 1. The van der Waals surface area contributed by atoms with Crippen LogP contribution in [0.15, 0.2) is 47.4 Å². The zero-order chi connectivity index (χ0) is 15.2. The normalized spacial score (nSPS) is 10.3. The van der Waals surface area contributed by atoms with E-state index in [0.29, 0.717) is 30.1 Å². The molecule has 0 aliphatic carbocycles. The van der Waals surface area contributed by atoms with Crippen molar-refractivity contribution < 1.29 is 9.53 Å². The van der Waals surface area contributed by atoms with Gasteiger partial charge in [0, 0.05) is 37.2 Å². The predicted molar refractivity (Wildman–Crippen MR) is 81.4 cm³/mol. The van der Waals surface area contributed by atoms with Gasteiger partial charge in [-0.25, -0.2) is 0 Å². The van der Waals surface area contributed by atoms with Gasteiger partial charge < -0.3 is 20.4 Å². The smallest absolute Gasteiger partial charge is 0.255 e. The fourth-order valence-electron chi connectivity index (χ4n) is 1.85. The number of benzene rings is 1. The standard InChI is InChI=1S/C15H17N3O3/c1-21-8-7-18-10-13(5-6-14(18)19)17-15(20)11-3-2-4-12(16)9-11/h2-6,9-10H,7-8,16H2,1H3,(H,17,20). The maximum absolute atomic E-state index is 12.1. The van der Waals surface area contributed by atoms with Crippen LogP contribution in [0.5, 0.6) is 0 Å². The number of carbonyl (C=O) groups is 1. The van der Waals surface area contributed by atoms with E-state index in [9.17, 15) is 9.59 Å². The molecule has 3 N–H and O–H groups in total. The van der Waals surface area contributed by atoms with Gasteiger partial charge in [-0.2, -0.15) is 0 Å². The van der Waals surface area contributed by atoms with Crippen molar-refractivity contribution >= 4 is 17.3 Å². The SMILES string of the molecule is COCCn1cc(NC(=O)c2cccc(N)c2)ccc1=O. The van der Waals surface area contributed by atoms with Gasteiger partial charge in [-0.05, 0) is 24.3 Å². The topological polar surface area (TPSA) is 86.3 Å². The summed E-state index contributed by atoms with van der Waals surface area (Å²) < 4.78 is 6.43. The van der Waals surface area contributed by atoms with E-state index in [1.165, 1.54) is 10.6 Å². The van der Waals surface area contributed by atoms with Gasteiger partial charge in [-0.3, -0.25) is 9.59 Å². The third-order valence-corrected chi connectivity index (χ3v) is 2.93. The van der Waals surface area contributed by atoms with E-state index >= 15 is 0 Å². The van der Waals surface area contributed by atoms with Gasteiger partial charge in [0.2, 0.25) is 0 Å². The molecule has 0 saturated carbocycles. The Labute approximate surface area is 122 Å². The van der Waals surface area contributed by atoms with Crippen LogP contribution >= 0.6 is 0 Å². The van der Waals surface area contributed by atoms with E-state index in [1.807, 2.05) is 0 Å². The summed E-state index contributed by atoms with van der Waals surface area (Å²) in [6.45, 7) is 0.851. The fourth-order valence-corrected chi connectivity index (χ4v) is 1.85. The number of ether oxygens (including phenoxy) is 1. The third-order valence-electron chi connectivity index (χ3n) is 2.93. The third kappa shape index (κ3) is 3.93. The van der Waals surface area contributed by atoms with Crippen LogP contribution in [0, 0.1) is 0 Å². The monoisotopic (exact) mass is 287 g/mol. The average molecular weight is 287 g/mol. The van der Waals surface area contributed by atoms with E-state index in [4.69, 9.17) is 10.5 Å². The van der Waals surface area contributed by atoms with E-state index in [2.05, 4.69) is 5.32 Å². The van der Waals surface area contributed by atoms with Gasteiger partial charge in [0.05, 0.1) is 12.3 Å². The van der Waals surface area contributed by atoms with Gasteiger partial charge >= 0.3 is 0 Å². The Morgan fingerprint density at radius 1 is 1.33 bits per heavy atom. The van der Waals surface area contributed by atoms with Gasteiger partial charge in [0.25, 0.3) is 11.5 Å². The van der Waals surface area contributed by atoms with Crippen LogP contribution in [0.25, 0.3) is 0 Å². The lowest BCUT2D eigenvalue weighted by atomic mass is 10.2. The summed E-state index contributed by atoms with van der Waals surface area (Å²) in [4.78, 5) is 23.8. The zero-order valence-corrected chi connectivity index (χ0v) is 11.7. The van der Waals surface area contributed by atoms with E-state index in [1.54, 1.807) is 43.6 Å². The minimum Gasteiger partial charge on any atom is -0.399 e. The molecule has 0 fully saturated rings. The molecule has 110 valence electrons. The van der Waals surface area contributed by atoms with Gasteiger partial charge in [-0.1, -0.05) is 6.07 Å². The van der Waals surface area contributed by atoms with Crippen molar-refractivity contribution in [2.75, 3.05) is 24.8 Å². The summed E-state index contributed by atoms with van der Waals surface area (Å²) in [7, 11) is 1.57. The molecule has 0 radical (unpaired) electrons. The second kappa shape index (κ2) is 6.71. The Balaban J connectivity index is 2.16. The summed E-state index contributed by atoms with van der Waals surface area (Å²) in [6, 6.07) is 9.66. The number of carbonyl (C=O) groups excluding carboxylic acids is 1. The molecular formula is C15H17N3O3. The first kappa shape index (κ1) is 14.8. The molecule has 0 spiro atoms. The highest BCUT2D eigenvalue weighted by Crippen LogP contribution is 2.10. The van der Waals surface area contributed by atoms with Crippen LogP contribution in [-0.4, -0.2) is 24.2 Å². The molecule has 6 nitrogen and oxygen atoms in total. The highest BCUT2D eigenvalue weighted by molar-refractivity contribution is 6.04. The Hall–Kier alpha value is -2.60. The van der Waals surface area contributed by atoms with Crippen LogP contribution in [0.2, 0.25) is 0 Å². The molecule has 0 atom stereocenters. The van der Waals surface area contributed by atoms with Crippen molar-refractivity contribution in [3.8, 4) is 0 Å². The minimum absolute atomic E-state index is 0.144. The van der Waals surface area contributed by atoms with Crippen molar-refractivity contribution in [3.05, 3.63) is 58.5 Å². The van der Waals surface area contributed by atoms with Crippen LogP contribution < -0.4 is 16.6 Å². The first-order valence-corrected chi connectivity index (χ1v) is 6.46. The number of aromatic nitrogens is 1. The molecule has 1 heterocycles. The van der Waals surface area contributed by atoms with Gasteiger partial charge in [0.1, 0.15) is 0 Å². The van der Waals surface area contributed by atoms with Crippen LogP contribution in [0.1, 0.15) is 10.4 Å². The highest BCUT2D eigenvalue weighted by atomic mass is 16.5. The average Bonchev–Trinajstić information content (AvgIpc) is 2.47. The van der Waals surface area contributed by atoms with Gasteiger partial charge in [0.15, 0.2) is 0 Å². The number of nitrogens with one attached hydrogen (secondary N) is 1. The number of rotatable bonds is 5. The van der Waals surface area contributed by atoms with Crippen molar-refractivity contribution in [2.45, 2.75) is 6.54 Å². The lowest BCUT2D eigenvalue weighted by Crippen LogP contribution is -2.22. The molecule has 0 aliphatic rings. The largest absolute Gasteiger partial charge is 0.399 e. The molecule has 1 amide bonds. The van der Waals surface area contributed by atoms with E-state index in [0.717, 1.165) is 0 Å². The summed E-state index contributed by atoms with van der Waals surface area (Å²) in [5, 5.41) is 2.73. The Kier molecular flexibility index (Phi) is 4.73. The maximum Gasteiger partial charge on any atom is 0.255 e. The van der Waals surface area contributed by atoms with E-state index < -0.39 is 0 Å². The molecule has 0 aliphatic heterocycles. The number of nitrogen functional groups attached to an aromatic ring is 1. The van der Waals surface area contributed by atoms with Crippen molar-refractivity contribution in [2.24, 2.45) is 0 Å². The Bertz CT molecular complexity index is 695. The highest BCUT2D eigenvalue weighted by Gasteiger charge is 2.07. The lowest BCUT2D eigenvalue weighted by molar-refractivity contribution is 0.102. The van der Waals surface area contributed by atoms with E-state index in [-0.39, 0.29) is 11.5 Å². The fraction of sp³-hybridized carbons (Fsp3) is 0.200. The number of anilines is 2. The zero-order valence-electron chi connectivity index (χ0n) is 11.7. The van der Waals surface area contributed by atoms with Crippen LogP contribution in [0.4, 0.5) is 11.4 Å². The molecule has 0 saturated heterocycles. The number of hydrogen-bond acceptors (Lipinski definition) is 4. The molecule has 1 aromatic carbocycles. The lowest BCUT2D eigenvalue weighted by Gasteiger charge is -2.09. The number of nitrogens with two attached hydrogens (primary N) is 1. The number of pyridine rings is 1. The van der Waals surface area contributed by atoms with Gasteiger partial charge in [-0.15, -0.1) is 0 Å². The van der Waals surface area contributed by atoms with Crippen LogP contribution in [-0.2, 0) is 11.3 Å². The quantitative estimate of drug-likeness (QED) is 0.812. The second-order valence-electron chi connectivity index (χ2n) is 4.52. The molecule has 0 unspecified atom stereocenters. The second-order valence-corrected chi connectivity index (χ2v) is 4.52. The molecule has 21 heavy (non-hydrogen) atoms. The van der Waals surface area contributed by atoms with Crippen molar-refractivity contribution in [3.63, 3.8) is 0 Å². The first-order valence-electron chi connectivity index (χ1n) is 6.46. The summed E-state index contributed by atoms with van der Waals surface area (Å²) in [5.74, 6) is -0.278. The Morgan fingerprint density at radius 2 is 2.14 bits per heavy atom. The maximum atomic E-state index is 12.1. The minimum atomic E-state index is -0.278. The molecule has 0 bridgehead atoms. The number of hydrogen-bond donors (Lipinski definition) is 2. The number of methoxy groups -OCH3 is 1. The molecule has 2 aromatic rings. The molecule has 6 heteroatoms. The van der Waals surface area contributed by atoms with Crippen molar-refractivity contribution in [1.29, 1.82) is 0 Å². The number of nitrogens with zero attached hydrogens (tertiary/aromatic N) is 1. The Morgan fingerprint density at radius 3 is 2.86 bits per heavy atom. The predicted octanol–water partition coefficient (Wildman–Crippen LogP) is 1.33. The molecular weight excluding hydrogens is 270 g/mol. The molecule has 1 aromatic heterocycles. The molecule has 2 rings (SSSR count). The first-order chi connectivity index (χ1) is 10.1. The summed E-state index contributed by atoms with van der Waals surface area (Å²) in [6.07, 6.45) is 1.59. The summed E-state index contributed by atoms with van der Waals surface area (Å²) in [5.41, 5.74) is 7.03. The summed E-state index contributed by atoms with van der Waals surface area (Å²) >= 11 is 0. The van der Waals surface area contributed by atoms with Crippen molar-refractivity contribution in [1.82, 2.24) is 4.57 Å².